The second-order valence-corrected chi connectivity index (χ2v) is 4.74. The topological polar surface area (TPSA) is 0 Å². The highest BCUT2D eigenvalue weighted by atomic mass is 27.0. The van der Waals surface area contributed by atoms with Gasteiger partial charge >= 0.3 is 0 Å². The predicted octanol–water partition coefficient (Wildman–Crippen LogP) is 2.79. The van der Waals surface area contributed by atoms with E-state index in [9.17, 15) is 0 Å². The van der Waals surface area contributed by atoms with Crippen LogP contribution in [-0.2, 0) is 6.42 Å². The zero-order chi connectivity index (χ0) is 9.68. The summed E-state index contributed by atoms with van der Waals surface area (Å²) in [6.07, 6.45) is 2.53. The summed E-state index contributed by atoms with van der Waals surface area (Å²) in [5.41, 5.74) is 3.10. The van der Waals surface area contributed by atoms with Crippen molar-refractivity contribution in [2.75, 3.05) is 0 Å². The number of hydrogen-bond acceptors (Lipinski definition) is 0. The zero-order valence-corrected chi connectivity index (χ0v) is 11.0. The number of benzene rings is 1. The Hall–Kier alpha value is -0.248. The summed E-state index contributed by atoms with van der Waals surface area (Å²) >= 11 is 1.34. The number of hydrogen-bond donors (Lipinski definition) is 0. The molecule has 0 fully saturated rings. The fourth-order valence-corrected chi connectivity index (χ4v) is 2.79. The normalized spacial score (nSPS) is 12.8. The van der Waals surface area contributed by atoms with E-state index in [1.807, 2.05) is 0 Å². The Kier molecular flexibility index (Phi) is 4.56. The van der Waals surface area contributed by atoms with E-state index in [1.165, 1.54) is 40.0 Å². The molecule has 1 heteroatoms. The van der Waals surface area contributed by atoms with Crippen LogP contribution >= 0.6 is 0 Å². The maximum Gasteiger partial charge on any atom is 0.211 e. The minimum atomic E-state index is 0.758. The molecule has 0 aromatic heterocycles. The smallest absolute Gasteiger partial charge is 0.101 e. The molecule has 0 nitrogen and oxygen atoms in total. The van der Waals surface area contributed by atoms with Crippen molar-refractivity contribution in [3.05, 3.63) is 35.4 Å². The first-order valence-corrected chi connectivity index (χ1v) is 6.78. The molecule has 1 atom stereocenters. The van der Waals surface area contributed by atoms with E-state index in [2.05, 4.69) is 38.1 Å². The Labute approximate surface area is 89.8 Å². The van der Waals surface area contributed by atoms with Crippen LogP contribution in [0, 0.1) is 0 Å². The molecule has 0 aliphatic rings. The van der Waals surface area contributed by atoms with Crippen molar-refractivity contribution in [1.29, 1.82) is 0 Å². The van der Waals surface area contributed by atoms with E-state index in [-0.39, 0.29) is 0 Å². The zero-order valence-electron chi connectivity index (χ0n) is 9.01. The van der Waals surface area contributed by atoms with Gasteiger partial charge < -0.3 is 0 Å². The van der Waals surface area contributed by atoms with Crippen LogP contribution in [0.15, 0.2) is 24.3 Å². The van der Waals surface area contributed by atoms with Gasteiger partial charge in [0.25, 0.3) is 0 Å². The van der Waals surface area contributed by atoms with Gasteiger partial charge in [0.15, 0.2) is 0 Å². The molecule has 0 heterocycles. The highest BCUT2D eigenvalue weighted by molar-refractivity contribution is 6.08. The first kappa shape index (κ1) is 10.8. The van der Waals surface area contributed by atoms with Gasteiger partial charge in [0.05, 0.1) is 0 Å². The molecule has 0 N–H and O–H groups in total. The van der Waals surface area contributed by atoms with Crippen molar-refractivity contribution in [3.63, 3.8) is 0 Å². The summed E-state index contributed by atoms with van der Waals surface area (Å²) in [7, 11) is 0. The molecular weight excluding hydrogens is 171 g/mol. The lowest BCUT2D eigenvalue weighted by molar-refractivity contribution is 0.723. The standard InChI is InChI=1S/C12H17.Al.2H/c1-4-10(3)12-9-7-6-8-11(12)5-2;;;/h6-10H,1,4-5H2,2-3H3;;;. The maximum atomic E-state index is 2.35. The predicted molar refractivity (Wildman–Crippen MR) is 62.2 cm³/mol. The van der Waals surface area contributed by atoms with Crippen LogP contribution in [0.3, 0.4) is 0 Å². The van der Waals surface area contributed by atoms with Crippen LogP contribution in [0.2, 0.25) is 5.28 Å². The highest BCUT2D eigenvalue weighted by Crippen LogP contribution is 2.23. The molecular formula is C12H19Al. The quantitative estimate of drug-likeness (QED) is 0.640. The van der Waals surface area contributed by atoms with Gasteiger partial charge in [-0.25, -0.2) is 0 Å². The molecule has 0 radical (unpaired) electrons. The third kappa shape index (κ3) is 2.86. The van der Waals surface area contributed by atoms with Gasteiger partial charge in [-0.05, 0) is 23.5 Å². The molecule has 1 rings (SSSR count). The van der Waals surface area contributed by atoms with Crippen LogP contribution in [0.5, 0.6) is 0 Å². The van der Waals surface area contributed by atoms with Gasteiger partial charge in [0.1, 0.15) is 0 Å². The molecule has 0 saturated heterocycles. The molecule has 1 unspecified atom stereocenters. The third-order valence-corrected chi connectivity index (χ3v) is 3.27. The van der Waals surface area contributed by atoms with Crippen LogP contribution in [-0.4, -0.2) is 16.3 Å². The Morgan fingerprint density at radius 3 is 2.62 bits per heavy atom. The Bertz CT molecular complexity index is 255. The molecule has 0 saturated carbocycles. The van der Waals surface area contributed by atoms with Gasteiger partial charge in [-0.2, -0.15) is 0 Å². The van der Waals surface area contributed by atoms with E-state index in [1.54, 1.807) is 5.56 Å². The van der Waals surface area contributed by atoms with Crippen molar-refractivity contribution in [2.45, 2.75) is 37.9 Å². The second-order valence-electron chi connectivity index (χ2n) is 3.74. The highest BCUT2D eigenvalue weighted by Gasteiger charge is 2.07. The molecule has 1 aromatic rings. The minimum absolute atomic E-state index is 0.758. The molecule has 0 amide bonds. The van der Waals surface area contributed by atoms with Crippen molar-refractivity contribution in [3.8, 4) is 0 Å². The van der Waals surface area contributed by atoms with Crippen LogP contribution in [0.25, 0.3) is 0 Å². The Morgan fingerprint density at radius 1 is 1.31 bits per heavy atom. The second kappa shape index (κ2) is 5.48. The fraction of sp³-hybridized carbons (Fsp3) is 0.500. The summed E-state index contributed by atoms with van der Waals surface area (Å²) in [4.78, 5) is 0. The van der Waals surface area contributed by atoms with E-state index in [0.29, 0.717) is 0 Å². The minimum Gasteiger partial charge on any atom is -0.101 e. The lowest BCUT2D eigenvalue weighted by Crippen LogP contribution is -1.98. The van der Waals surface area contributed by atoms with Gasteiger partial charge in [0, 0.05) is 0 Å². The van der Waals surface area contributed by atoms with Crippen LogP contribution in [0.1, 0.15) is 37.3 Å². The van der Waals surface area contributed by atoms with E-state index >= 15 is 0 Å². The van der Waals surface area contributed by atoms with E-state index in [4.69, 9.17) is 0 Å². The van der Waals surface area contributed by atoms with Gasteiger partial charge in [-0.1, -0.05) is 44.5 Å². The van der Waals surface area contributed by atoms with E-state index < -0.39 is 0 Å². The third-order valence-electron chi connectivity index (χ3n) is 2.69. The monoisotopic (exact) mass is 190 g/mol. The van der Waals surface area contributed by atoms with Crippen LogP contribution < -0.4 is 0 Å². The van der Waals surface area contributed by atoms with Gasteiger partial charge in [0.2, 0.25) is 16.3 Å². The van der Waals surface area contributed by atoms with Gasteiger partial charge in [-0.3, -0.25) is 0 Å². The Balaban J connectivity index is 2.85. The lowest BCUT2D eigenvalue weighted by atomic mass is 9.93. The Morgan fingerprint density at radius 2 is 2.00 bits per heavy atom. The van der Waals surface area contributed by atoms with Crippen molar-refractivity contribution in [1.82, 2.24) is 0 Å². The SMILES string of the molecule is CCc1ccccc1C(C)C[CH2][AlH2]. The summed E-state index contributed by atoms with van der Waals surface area (Å²) in [6.45, 7) is 4.60. The molecule has 0 aliphatic carbocycles. The van der Waals surface area contributed by atoms with Crippen molar-refractivity contribution in [2.24, 2.45) is 0 Å². The molecule has 1 aromatic carbocycles. The fourth-order valence-electron chi connectivity index (χ4n) is 1.93. The summed E-state index contributed by atoms with van der Waals surface area (Å²) < 4.78 is 0. The first-order valence-electron chi connectivity index (χ1n) is 5.37. The van der Waals surface area contributed by atoms with E-state index in [0.717, 1.165) is 5.92 Å². The largest absolute Gasteiger partial charge is 0.211 e. The average molecular weight is 190 g/mol. The molecule has 0 aliphatic heterocycles. The summed E-state index contributed by atoms with van der Waals surface area (Å²) in [5.74, 6) is 0.758. The molecule has 13 heavy (non-hydrogen) atoms. The average Bonchev–Trinajstić information content (AvgIpc) is 2.18. The van der Waals surface area contributed by atoms with Crippen molar-refractivity contribution >= 4 is 16.3 Å². The molecule has 0 bridgehead atoms. The molecule has 70 valence electrons. The summed E-state index contributed by atoms with van der Waals surface area (Å²) in [5, 5.41) is 1.42. The maximum absolute atomic E-state index is 2.35. The van der Waals surface area contributed by atoms with Crippen LogP contribution in [0.4, 0.5) is 0 Å². The molecule has 0 spiro atoms. The first-order chi connectivity index (χ1) is 6.29. The van der Waals surface area contributed by atoms with Gasteiger partial charge in [-0.15, -0.1) is 5.28 Å². The summed E-state index contributed by atoms with van der Waals surface area (Å²) in [6, 6.07) is 8.87. The lowest BCUT2D eigenvalue weighted by Gasteiger charge is -2.14. The number of aryl methyl sites for hydroxylation is 1. The van der Waals surface area contributed by atoms with Crippen molar-refractivity contribution < 1.29 is 0 Å². The number of rotatable bonds is 4.